The molecule has 10 nitrogen and oxygen atoms in total. The van der Waals surface area contributed by atoms with E-state index in [4.69, 9.17) is 10.6 Å². The van der Waals surface area contributed by atoms with Gasteiger partial charge in [-0.05, 0) is 48.1 Å². The summed E-state index contributed by atoms with van der Waals surface area (Å²) in [4.78, 5) is 23.5. The summed E-state index contributed by atoms with van der Waals surface area (Å²) in [5, 5.41) is 12.2. The first-order valence-electron chi connectivity index (χ1n) is 10.9. The van der Waals surface area contributed by atoms with Gasteiger partial charge in [0, 0.05) is 19.9 Å². The molecular formula is C18H32BN6O4P. The minimum atomic E-state index is -0.876. The van der Waals surface area contributed by atoms with Crippen LogP contribution in [-0.4, -0.2) is 67.2 Å². The van der Waals surface area contributed by atoms with Crippen LogP contribution in [-0.2, 0) is 9.26 Å². The Balaban J connectivity index is 1.84. The minimum Gasteiger partial charge on any atom is -0.433 e. The van der Waals surface area contributed by atoms with Gasteiger partial charge >= 0.3 is 7.05 Å². The van der Waals surface area contributed by atoms with Gasteiger partial charge in [-0.3, -0.25) is 19.0 Å². The van der Waals surface area contributed by atoms with E-state index in [0.29, 0.717) is 24.2 Å². The molecule has 3 rings (SSSR count). The number of hydrogen-bond acceptors (Lipinski definition) is 8. The van der Waals surface area contributed by atoms with Crippen LogP contribution in [0.25, 0.3) is 11.2 Å². The summed E-state index contributed by atoms with van der Waals surface area (Å²) < 4.78 is 24.5. The molecule has 0 aliphatic carbocycles. The highest BCUT2D eigenvalue weighted by atomic mass is 31.2. The zero-order valence-corrected chi connectivity index (χ0v) is 19.3. The van der Waals surface area contributed by atoms with Gasteiger partial charge in [0.15, 0.2) is 17.1 Å². The average Bonchev–Trinajstić information content (AvgIpc) is 3.24. The molecule has 1 aliphatic heterocycles. The number of aromatic amines is 1. The molecule has 3 N–H and O–H groups in total. The maximum atomic E-state index is 12.4. The van der Waals surface area contributed by atoms with Crippen molar-refractivity contribution >= 4 is 32.5 Å². The number of H-pyrrole nitrogens is 1. The highest BCUT2D eigenvalue weighted by molar-refractivity contribution is 7.49. The molecule has 30 heavy (non-hydrogen) atoms. The molecule has 0 amide bonds. The maximum absolute atomic E-state index is 12.4. The standard InChI is InChI=1S/C18H32BN6O4P/c1-10(2)25(11(3)4)30(7)29-13-8-14(28-12(13)5)24-9-20-15-16(24)21-18(22-17(15)26)23-19(6)27/h9-14,27H,8H2,1-7H3,(H2,21,22,23,26)/t12-,13-,14-,30?/m1/s1/i5D. The van der Waals surface area contributed by atoms with Gasteiger partial charge in [-0.25, -0.2) is 4.98 Å². The molecule has 1 unspecified atom stereocenters. The first-order chi connectivity index (χ1) is 14.6. The predicted octanol–water partition coefficient (Wildman–Crippen LogP) is 2.39. The van der Waals surface area contributed by atoms with Crippen LogP contribution in [0.15, 0.2) is 11.1 Å². The third-order valence-corrected chi connectivity index (χ3v) is 7.09. The number of rotatable bonds is 8. The summed E-state index contributed by atoms with van der Waals surface area (Å²) in [5.41, 5.74) is 0.137. The van der Waals surface area contributed by atoms with E-state index in [1.807, 2.05) is 0 Å². The molecule has 2 aromatic rings. The topological polar surface area (TPSA) is 118 Å². The molecule has 0 radical (unpaired) electrons. The molecule has 0 aromatic carbocycles. The van der Waals surface area contributed by atoms with Gasteiger partial charge in [0.05, 0.1) is 18.5 Å². The van der Waals surface area contributed by atoms with Crippen molar-refractivity contribution in [3.63, 3.8) is 0 Å². The van der Waals surface area contributed by atoms with Crippen LogP contribution in [0.4, 0.5) is 5.95 Å². The number of imidazole rings is 1. The summed E-state index contributed by atoms with van der Waals surface area (Å²) >= 11 is 0. The van der Waals surface area contributed by atoms with Crippen molar-refractivity contribution in [1.82, 2.24) is 24.2 Å². The summed E-state index contributed by atoms with van der Waals surface area (Å²) in [7, 11) is -1.74. The molecule has 1 fully saturated rings. The predicted molar refractivity (Wildman–Crippen MR) is 120 cm³/mol. The van der Waals surface area contributed by atoms with E-state index in [0.717, 1.165) is 0 Å². The zero-order chi connectivity index (χ0) is 22.9. The number of ether oxygens (including phenoxy) is 1. The third-order valence-electron chi connectivity index (χ3n) is 4.94. The Labute approximate surface area is 179 Å². The highest BCUT2D eigenvalue weighted by Gasteiger charge is 2.37. The number of aromatic nitrogens is 4. The van der Waals surface area contributed by atoms with E-state index < -0.39 is 27.1 Å². The van der Waals surface area contributed by atoms with Crippen molar-refractivity contribution in [2.75, 3.05) is 11.9 Å². The number of anilines is 1. The Morgan fingerprint density at radius 3 is 2.80 bits per heavy atom. The van der Waals surface area contributed by atoms with Crippen molar-refractivity contribution in [3.05, 3.63) is 16.7 Å². The van der Waals surface area contributed by atoms with Crippen LogP contribution in [0, 0.1) is 0 Å². The molecule has 1 saturated heterocycles. The lowest BCUT2D eigenvalue weighted by Crippen LogP contribution is -2.34. The smallest absolute Gasteiger partial charge is 0.409 e. The Kier molecular flexibility index (Phi) is 6.74. The molecule has 3 heterocycles. The third kappa shape index (κ3) is 4.86. The molecule has 0 spiro atoms. The fraction of sp³-hybridized carbons (Fsp3) is 0.722. The normalized spacial score (nSPS) is 23.5. The zero-order valence-electron chi connectivity index (χ0n) is 19.4. The molecular weight excluding hydrogens is 406 g/mol. The van der Waals surface area contributed by atoms with Gasteiger partial charge in [0.2, 0.25) is 0 Å². The molecule has 12 heteroatoms. The molecule has 1 aliphatic rings. The van der Waals surface area contributed by atoms with Crippen LogP contribution in [0.1, 0.15) is 48.6 Å². The van der Waals surface area contributed by atoms with Crippen LogP contribution in [0.5, 0.6) is 0 Å². The first kappa shape index (κ1) is 21.7. The van der Waals surface area contributed by atoms with Crippen molar-refractivity contribution in [1.29, 1.82) is 0 Å². The van der Waals surface area contributed by atoms with Crippen LogP contribution in [0.3, 0.4) is 0 Å². The number of nitrogens with zero attached hydrogens (tertiary/aromatic N) is 4. The fourth-order valence-corrected chi connectivity index (χ4v) is 5.91. The fourth-order valence-electron chi connectivity index (χ4n) is 3.89. The van der Waals surface area contributed by atoms with Crippen molar-refractivity contribution in [2.45, 2.75) is 78.4 Å². The maximum Gasteiger partial charge on any atom is 0.409 e. The summed E-state index contributed by atoms with van der Waals surface area (Å²) in [6.45, 7) is 12.3. The van der Waals surface area contributed by atoms with Gasteiger partial charge in [-0.1, -0.05) is 0 Å². The second kappa shape index (κ2) is 9.32. The monoisotopic (exact) mass is 439 g/mol. The first-order valence-corrected chi connectivity index (χ1v) is 11.8. The largest absolute Gasteiger partial charge is 0.433 e. The number of nitrogens with one attached hydrogen (secondary N) is 2. The van der Waals surface area contributed by atoms with Gasteiger partial charge in [-0.15, -0.1) is 0 Å². The Morgan fingerprint density at radius 2 is 2.20 bits per heavy atom. The van der Waals surface area contributed by atoms with E-state index in [2.05, 4.69) is 59.2 Å². The Morgan fingerprint density at radius 1 is 1.50 bits per heavy atom. The van der Waals surface area contributed by atoms with Crippen molar-refractivity contribution in [2.24, 2.45) is 0 Å². The summed E-state index contributed by atoms with van der Waals surface area (Å²) in [5.74, 6) is 0.152. The van der Waals surface area contributed by atoms with Gasteiger partial charge in [-0.2, -0.15) is 4.98 Å². The second-order valence-corrected chi connectivity index (χ2v) is 9.70. The average molecular weight is 439 g/mol. The van der Waals surface area contributed by atoms with E-state index in [1.165, 1.54) is 13.2 Å². The lowest BCUT2D eigenvalue weighted by Gasteiger charge is -2.36. The minimum absolute atomic E-state index is 0.0726. The van der Waals surface area contributed by atoms with Crippen molar-refractivity contribution < 1.29 is 15.7 Å². The number of hydrogen-bond donors (Lipinski definition) is 3. The highest BCUT2D eigenvalue weighted by Crippen LogP contribution is 2.46. The molecule has 2 aromatic heterocycles. The van der Waals surface area contributed by atoms with Crippen LogP contribution < -0.4 is 10.8 Å². The molecule has 4 atom stereocenters. The van der Waals surface area contributed by atoms with E-state index in [-0.39, 0.29) is 30.6 Å². The summed E-state index contributed by atoms with van der Waals surface area (Å²) in [6.07, 6.45) is 0.975. The Bertz CT molecular complexity index is 933. The van der Waals surface area contributed by atoms with Gasteiger partial charge < -0.3 is 19.5 Å². The van der Waals surface area contributed by atoms with E-state index in [9.17, 15) is 9.82 Å². The SMILES string of the molecule is [2H]C[C@H]1O[C@@H](n2cnc3c(=O)[nH]c(NB(C)O)nc32)C[C@H]1OP(C)N(C(C)C)C(C)C. The van der Waals surface area contributed by atoms with E-state index >= 15 is 0 Å². The molecule has 0 bridgehead atoms. The lowest BCUT2D eigenvalue weighted by molar-refractivity contribution is -0.00224. The van der Waals surface area contributed by atoms with Crippen molar-refractivity contribution in [3.8, 4) is 0 Å². The van der Waals surface area contributed by atoms with Crippen LogP contribution in [0.2, 0.25) is 6.82 Å². The lowest BCUT2D eigenvalue weighted by atomic mass is 9.89. The Hall–Kier alpha value is -1.52. The second-order valence-electron chi connectivity index (χ2n) is 8.10. The van der Waals surface area contributed by atoms with Gasteiger partial charge in [0.25, 0.3) is 5.56 Å². The summed E-state index contributed by atoms with van der Waals surface area (Å²) in [6, 6.07) is 0.689. The molecule has 0 saturated carbocycles. The van der Waals surface area contributed by atoms with Gasteiger partial charge in [0.1, 0.15) is 14.5 Å². The number of fused-ring (bicyclic) bond motifs is 1. The van der Waals surface area contributed by atoms with E-state index in [1.54, 1.807) is 4.57 Å². The van der Waals surface area contributed by atoms with Crippen LogP contribution >= 0.6 is 8.30 Å². The molecule has 166 valence electrons. The quantitative estimate of drug-likeness (QED) is 0.424.